The van der Waals surface area contributed by atoms with Crippen molar-refractivity contribution in [1.29, 1.82) is 0 Å². The van der Waals surface area contributed by atoms with E-state index in [0.717, 1.165) is 11.3 Å². The topological polar surface area (TPSA) is 43.4 Å². The fraction of sp³-hybridized carbons (Fsp3) is 0.333. The average Bonchev–Trinajstić information content (AvgIpc) is 2.53. The molecule has 0 fully saturated rings. The Hall–Kier alpha value is -0.530. The van der Waals surface area contributed by atoms with Crippen molar-refractivity contribution in [3.63, 3.8) is 0 Å². The highest BCUT2D eigenvalue weighted by molar-refractivity contribution is 7.89. The van der Waals surface area contributed by atoms with Crippen molar-refractivity contribution in [3.05, 3.63) is 17.5 Å². The van der Waals surface area contributed by atoms with E-state index in [0.29, 0.717) is 0 Å². The van der Waals surface area contributed by atoms with Crippen LogP contribution in [0, 0.1) is 0 Å². The van der Waals surface area contributed by atoms with Crippen LogP contribution in [0.25, 0.3) is 0 Å². The lowest BCUT2D eigenvalue weighted by Gasteiger charge is -2.01. The summed E-state index contributed by atoms with van der Waals surface area (Å²) in [6.45, 7) is -1.10. The zero-order valence-corrected chi connectivity index (χ0v) is 7.95. The number of hydrogen-bond acceptors (Lipinski definition) is 4. The maximum absolute atomic E-state index is 11.6. The van der Waals surface area contributed by atoms with Crippen LogP contribution in [0.4, 0.5) is 8.78 Å². The van der Waals surface area contributed by atoms with Gasteiger partial charge in [-0.25, -0.2) is 8.78 Å². The van der Waals surface area contributed by atoms with Crippen LogP contribution in [0.3, 0.4) is 0 Å². The fourth-order valence-electron chi connectivity index (χ4n) is 0.605. The maximum Gasteiger partial charge on any atom is 0.306 e. The van der Waals surface area contributed by atoms with Gasteiger partial charge in [-0.15, -0.1) is 11.3 Å². The first kappa shape index (κ1) is 10.6. The molecule has 0 spiro atoms. The van der Waals surface area contributed by atoms with Crippen molar-refractivity contribution in [2.75, 3.05) is 6.61 Å². The second-order valence-corrected chi connectivity index (χ2v) is 4.85. The molecular weight excluding hydrogens is 222 g/mol. The lowest BCUT2D eigenvalue weighted by Crippen LogP contribution is -2.11. The molecule has 0 bridgehead atoms. The van der Waals surface area contributed by atoms with E-state index in [1.807, 2.05) is 0 Å². The predicted octanol–water partition coefficient (Wildman–Crippen LogP) is 1.72. The van der Waals surface area contributed by atoms with Gasteiger partial charge in [0.15, 0.2) is 0 Å². The molecule has 0 N–H and O–H groups in total. The van der Waals surface area contributed by atoms with Crippen LogP contribution in [0.15, 0.2) is 21.7 Å². The lowest BCUT2D eigenvalue weighted by atomic mass is 10.7. The second-order valence-electron chi connectivity index (χ2n) is 2.06. The molecule has 0 saturated heterocycles. The highest BCUT2D eigenvalue weighted by Gasteiger charge is 2.18. The minimum atomic E-state index is -3.97. The molecule has 1 heterocycles. The van der Waals surface area contributed by atoms with Gasteiger partial charge in [0.1, 0.15) is 10.8 Å². The number of hydrogen-bond donors (Lipinski definition) is 0. The lowest BCUT2D eigenvalue weighted by molar-refractivity contribution is 0.0849. The van der Waals surface area contributed by atoms with Crippen LogP contribution in [-0.4, -0.2) is 21.5 Å². The third-order valence-electron chi connectivity index (χ3n) is 1.09. The Balaban J connectivity index is 2.68. The summed E-state index contributed by atoms with van der Waals surface area (Å²) >= 11 is 0.924. The van der Waals surface area contributed by atoms with Crippen molar-refractivity contribution < 1.29 is 21.4 Å². The van der Waals surface area contributed by atoms with Gasteiger partial charge >= 0.3 is 10.1 Å². The van der Waals surface area contributed by atoms with Gasteiger partial charge in [0.05, 0.1) is 0 Å². The van der Waals surface area contributed by atoms with Gasteiger partial charge < -0.3 is 0 Å². The Morgan fingerprint density at radius 2 is 2.23 bits per heavy atom. The van der Waals surface area contributed by atoms with E-state index in [1.165, 1.54) is 17.5 Å². The Kier molecular flexibility index (Phi) is 3.34. The summed E-state index contributed by atoms with van der Waals surface area (Å²) < 4.78 is 49.4. The van der Waals surface area contributed by atoms with Crippen molar-refractivity contribution in [1.82, 2.24) is 0 Å². The summed E-state index contributed by atoms with van der Waals surface area (Å²) in [6, 6.07) is 2.80. The summed E-state index contributed by atoms with van der Waals surface area (Å²) in [5, 5.41) is 1.53. The number of rotatable bonds is 4. The van der Waals surface area contributed by atoms with Gasteiger partial charge in [0.25, 0.3) is 6.43 Å². The van der Waals surface area contributed by atoms with E-state index in [9.17, 15) is 17.2 Å². The smallest absolute Gasteiger partial charge is 0.260 e. The van der Waals surface area contributed by atoms with Crippen LogP contribution < -0.4 is 0 Å². The van der Waals surface area contributed by atoms with Crippen LogP contribution in [-0.2, 0) is 14.3 Å². The van der Waals surface area contributed by atoms with Gasteiger partial charge in [0.2, 0.25) is 0 Å². The van der Waals surface area contributed by atoms with Crippen molar-refractivity contribution in [2.24, 2.45) is 0 Å². The van der Waals surface area contributed by atoms with Gasteiger partial charge in [-0.3, -0.25) is 4.18 Å². The molecule has 0 aliphatic carbocycles. The third-order valence-corrected chi connectivity index (χ3v) is 3.73. The number of halogens is 2. The van der Waals surface area contributed by atoms with Crippen molar-refractivity contribution in [2.45, 2.75) is 10.6 Å². The first-order valence-electron chi connectivity index (χ1n) is 3.23. The summed E-state index contributed by atoms with van der Waals surface area (Å²) in [4.78, 5) is 0. The molecular formula is C6H6F2O3S2. The molecule has 7 heteroatoms. The van der Waals surface area contributed by atoms with Crippen molar-refractivity contribution in [3.8, 4) is 0 Å². The molecule has 3 nitrogen and oxygen atoms in total. The zero-order chi connectivity index (χ0) is 9.90. The first-order chi connectivity index (χ1) is 6.02. The molecule has 74 valence electrons. The number of thiophene rings is 1. The van der Waals surface area contributed by atoms with Crippen LogP contribution in [0.1, 0.15) is 0 Å². The SMILES string of the molecule is O=S(=O)(OCC(F)F)c1cccs1. The molecule has 0 saturated carbocycles. The average molecular weight is 228 g/mol. The number of alkyl halides is 2. The van der Waals surface area contributed by atoms with E-state index in [-0.39, 0.29) is 4.21 Å². The maximum atomic E-state index is 11.6. The van der Waals surface area contributed by atoms with Gasteiger partial charge in [-0.05, 0) is 11.4 Å². The first-order valence-corrected chi connectivity index (χ1v) is 5.52. The summed E-state index contributed by atoms with van der Waals surface area (Å²) in [6.07, 6.45) is -2.78. The Morgan fingerprint density at radius 1 is 1.54 bits per heavy atom. The quantitative estimate of drug-likeness (QED) is 0.737. The molecule has 1 aromatic rings. The standard InChI is InChI=1S/C6H6F2O3S2/c7-5(8)4-11-13(9,10)6-2-1-3-12-6/h1-3,5H,4H2. The molecule has 0 aliphatic rings. The van der Waals surface area contributed by atoms with E-state index >= 15 is 0 Å². The van der Waals surface area contributed by atoms with Gasteiger partial charge in [0, 0.05) is 0 Å². The minimum Gasteiger partial charge on any atom is -0.260 e. The van der Waals surface area contributed by atoms with Crippen LogP contribution >= 0.6 is 11.3 Å². The molecule has 1 aromatic heterocycles. The second kappa shape index (κ2) is 4.12. The molecule has 1 rings (SSSR count). The van der Waals surface area contributed by atoms with Crippen molar-refractivity contribution >= 4 is 21.5 Å². The molecule has 0 unspecified atom stereocenters. The fourth-order valence-corrected chi connectivity index (χ4v) is 2.48. The molecule has 13 heavy (non-hydrogen) atoms. The van der Waals surface area contributed by atoms with E-state index in [1.54, 1.807) is 0 Å². The third kappa shape index (κ3) is 3.02. The molecule has 0 amide bonds. The molecule has 0 aromatic carbocycles. The summed E-state index contributed by atoms with van der Waals surface area (Å²) in [5.41, 5.74) is 0. The van der Waals surface area contributed by atoms with E-state index < -0.39 is 23.2 Å². The van der Waals surface area contributed by atoms with Gasteiger partial charge in [-0.2, -0.15) is 8.42 Å². The predicted molar refractivity (Wildman–Crippen MR) is 43.5 cm³/mol. The van der Waals surface area contributed by atoms with E-state index in [2.05, 4.69) is 4.18 Å². The Morgan fingerprint density at radius 3 is 2.69 bits per heavy atom. The largest absolute Gasteiger partial charge is 0.306 e. The molecule has 0 atom stereocenters. The highest BCUT2D eigenvalue weighted by Crippen LogP contribution is 2.18. The van der Waals surface area contributed by atoms with Gasteiger partial charge in [-0.1, -0.05) is 6.07 Å². The minimum absolute atomic E-state index is 0.0619. The molecule has 0 aliphatic heterocycles. The summed E-state index contributed by atoms with van der Waals surface area (Å²) in [7, 11) is -3.97. The normalized spacial score (nSPS) is 12.2. The van der Waals surface area contributed by atoms with E-state index in [4.69, 9.17) is 0 Å². The summed E-state index contributed by atoms with van der Waals surface area (Å²) in [5.74, 6) is 0. The zero-order valence-electron chi connectivity index (χ0n) is 6.31. The monoisotopic (exact) mass is 228 g/mol. The molecule has 0 radical (unpaired) electrons. The van der Waals surface area contributed by atoms with Crippen LogP contribution in [0.2, 0.25) is 0 Å². The van der Waals surface area contributed by atoms with Crippen LogP contribution in [0.5, 0.6) is 0 Å². The Bertz CT molecular complexity index is 344. The Labute approximate surface area is 78.1 Å². The highest BCUT2D eigenvalue weighted by atomic mass is 32.3.